The van der Waals surface area contributed by atoms with Crippen LogP contribution < -0.4 is 0 Å². The molecule has 2 aliphatic rings. The maximum Gasteiger partial charge on any atom is 0.187 e. The van der Waals surface area contributed by atoms with Crippen LogP contribution in [0.2, 0.25) is 0 Å². The van der Waals surface area contributed by atoms with Crippen molar-refractivity contribution in [3.63, 3.8) is 0 Å². The summed E-state index contributed by atoms with van der Waals surface area (Å²) in [5.74, 6) is 0. The van der Waals surface area contributed by atoms with Crippen LogP contribution in [0.1, 0.15) is 0 Å². The second-order valence-electron chi connectivity index (χ2n) is 6.55. The Morgan fingerprint density at radius 3 is 1.66 bits per heavy atom. The van der Waals surface area contributed by atoms with Gasteiger partial charge in [-0.3, -0.25) is 0 Å². The van der Waals surface area contributed by atoms with Gasteiger partial charge in [-0.25, -0.2) is 0 Å². The number of rotatable bonds is 6. The van der Waals surface area contributed by atoms with E-state index >= 15 is 0 Å². The molecule has 0 saturated carbocycles. The average Bonchev–Trinajstić information content (AvgIpc) is 2.73. The number of aliphatic hydroxyl groups excluding tert-OH is 11. The quantitative estimate of drug-likeness (QED) is 0.186. The molecule has 0 bridgehead atoms. The predicted molar refractivity (Wildman–Crippen MR) is 88.8 cm³/mol. The van der Waals surface area contributed by atoms with E-state index in [2.05, 4.69) is 0 Å². The molecule has 2 fully saturated rings. The molecule has 174 valence electrons. The highest BCUT2D eigenvalue weighted by Crippen LogP contribution is 2.28. The van der Waals surface area contributed by atoms with Crippen molar-refractivity contribution in [1.29, 1.82) is 0 Å². The first-order valence-electron chi connectivity index (χ1n) is 8.79. The number of ether oxygens (including phenoxy) is 3. The van der Waals surface area contributed by atoms with E-state index in [4.69, 9.17) is 34.6 Å². The van der Waals surface area contributed by atoms with Gasteiger partial charge in [-0.1, -0.05) is 0 Å². The molecule has 14 nitrogen and oxygen atoms in total. The van der Waals surface area contributed by atoms with E-state index in [1.807, 2.05) is 0 Å². The largest absolute Gasteiger partial charge is 0.394 e. The van der Waals surface area contributed by atoms with Crippen molar-refractivity contribution in [3.8, 4) is 0 Å². The summed E-state index contributed by atoms with van der Waals surface area (Å²) in [5.41, 5.74) is 0. The van der Waals surface area contributed by atoms with Gasteiger partial charge in [0.15, 0.2) is 12.6 Å². The molecule has 14 heteroatoms. The Hall–Kier alpha value is -0.560. The molecule has 2 aliphatic heterocycles. The molecule has 29 heavy (non-hydrogen) atoms. The van der Waals surface area contributed by atoms with Crippen molar-refractivity contribution in [1.82, 2.24) is 0 Å². The fourth-order valence-electron chi connectivity index (χ4n) is 2.63. The van der Waals surface area contributed by atoms with Gasteiger partial charge in [-0.2, -0.15) is 0 Å². The molecule has 2 unspecified atom stereocenters. The van der Waals surface area contributed by atoms with Gasteiger partial charge in [-0.15, -0.1) is 0 Å². The molecule has 10 atom stereocenters. The topological polar surface area (TPSA) is 250 Å². The molecule has 0 spiro atoms. The van der Waals surface area contributed by atoms with Crippen molar-refractivity contribution < 1.29 is 70.4 Å². The first-order valence-corrected chi connectivity index (χ1v) is 8.79. The average molecular weight is 434 g/mol. The lowest BCUT2D eigenvalue weighted by molar-refractivity contribution is -0.355. The van der Waals surface area contributed by atoms with E-state index in [1.54, 1.807) is 0 Å². The lowest BCUT2D eigenvalue weighted by atomic mass is 9.97. The Kier molecular flexibility index (Phi) is 11.3. The summed E-state index contributed by atoms with van der Waals surface area (Å²) in [6.45, 7) is -2.07. The van der Waals surface area contributed by atoms with Crippen LogP contribution in [0.25, 0.3) is 0 Å². The zero-order chi connectivity index (χ0) is 22.3. The zero-order valence-corrected chi connectivity index (χ0v) is 15.3. The lowest BCUT2D eigenvalue weighted by Crippen LogP contribution is -2.64. The number of hydrogen-bond acceptors (Lipinski definition) is 14. The van der Waals surface area contributed by atoms with Gasteiger partial charge in [0.25, 0.3) is 0 Å². The van der Waals surface area contributed by atoms with Gasteiger partial charge in [-0.05, 0) is 0 Å². The van der Waals surface area contributed by atoms with Crippen LogP contribution in [-0.2, 0) is 14.2 Å². The fourth-order valence-corrected chi connectivity index (χ4v) is 2.63. The number of aliphatic hydroxyl groups is 11. The van der Waals surface area contributed by atoms with Crippen LogP contribution in [0.5, 0.6) is 0 Å². The summed E-state index contributed by atoms with van der Waals surface area (Å²) < 4.78 is 15.3. The standard InChI is InChI=1S/C12H22O11.C3H8O3/c13-1-3-5(15)6(16)9(19)12(22-3)23-10-4(2-14)21-11(20)8(18)7(10)17;4-1-3(6)2-5/h3-20H,1-2H2;3-6H,1-2H2/t3-,4-,5+,6+,7-,8?,9-,10-,11?,12+;/m1./s1. The predicted octanol–water partition coefficient (Wildman–Crippen LogP) is -7.07. The van der Waals surface area contributed by atoms with Crippen LogP contribution in [0.15, 0.2) is 0 Å². The highest BCUT2D eigenvalue weighted by Gasteiger charge is 2.50. The third-order valence-electron chi connectivity index (χ3n) is 4.40. The van der Waals surface area contributed by atoms with Gasteiger partial charge in [0.05, 0.1) is 26.4 Å². The van der Waals surface area contributed by atoms with Gasteiger partial charge < -0.3 is 70.4 Å². The Morgan fingerprint density at radius 2 is 1.21 bits per heavy atom. The summed E-state index contributed by atoms with van der Waals surface area (Å²) in [7, 11) is 0. The van der Waals surface area contributed by atoms with E-state index < -0.39 is 80.7 Å². The highest BCUT2D eigenvalue weighted by molar-refractivity contribution is 4.93. The molecule has 0 amide bonds. The van der Waals surface area contributed by atoms with Crippen molar-refractivity contribution in [3.05, 3.63) is 0 Å². The van der Waals surface area contributed by atoms with E-state index in [0.717, 1.165) is 0 Å². The summed E-state index contributed by atoms with van der Waals surface area (Å²) in [6, 6.07) is 0. The van der Waals surface area contributed by atoms with Crippen molar-refractivity contribution in [2.75, 3.05) is 26.4 Å². The Bertz CT molecular complexity index is 447. The van der Waals surface area contributed by atoms with Crippen LogP contribution in [0.3, 0.4) is 0 Å². The normalized spacial score (nSPS) is 43.0. The van der Waals surface area contributed by atoms with Crippen molar-refractivity contribution in [2.24, 2.45) is 0 Å². The summed E-state index contributed by atoms with van der Waals surface area (Å²) >= 11 is 0. The molecule has 2 saturated heterocycles. The molecule has 0 aromatic carbocycles. The van der Waals surface area contributed by atoms with E-state index in [9.17, 15) is 35.7 Å². The molecule has 2 heterocycles. The third kappa shape index (κ3) is 6.71. The smallest absolute Gasteiger partial charge is 0.187 e. The van der Waals surface area contributed by atoms with E-state index in [1.165, 1.54) is 0 Å². The second-order valence-corrected chi connectivity index (χ2v) is 6.55. The molecular formula is C15H30O14. The Labute approximate surface area is 165 Å². The Morgan fingerprint density at radius 1 is 0.655 bits per heavy atom. The summed E-state index contributed by atoms with van der Waals surface area (Å²) in [6.07, 6.45) is -16.5. The van der Waals surface area contributed by atoms with Crippen LogP contribution >= 0.6 is 0 Å². The molecule has 0 radical (unpaired) electrons. The molecule has 0 aliphatic carbocycles. The van der Waals surface area contributed by atoms with Crippen molar-refractivity contribution >= 4 is 0 Å². The number of hydrogen-bond donors (Lipinski definition) is 11. The minimum Gasteiger partial charge on any atom is -0.394 e. The maximum atomic E-state index is 9.94. The molecule has 2 rings (SSSR count). The third-order valence-corrected chi connectivity index (χ3v) is 4.40. The molecule has 0 aromatic heterocycles. The summed E-state index contributed by atoms with van der Waals surface area (Å²) in [4.78, 5) is 0. The van der Waals surface area contributed by atoms with E-state index in [-0.39, 0.29) is 13.2 Å². The second kappa shape index (κ2) is 12.3. The Balaban J connectivity index is 0.000000612. The lowest BCUT2D eigenvalue weighted by Gasteiger charge is -2.45. The van der Waals surface area contributed by atoms with Crippen molar-refractivity contribution in [2.45, 2.75) is 67.5 Å². The minimum atomic E-state index is -1.74. The summed E-state index contributed by atoms with van der Waals surface area (Å²) in [5, 5.41) is 101. The highest BCUT2D eigenvalue weighted by atomic mass is 16.7. The molecule has 11 N–H and O–H groups in total. The monoisotopic (exact) mass is 434 g/mol. The van der Waals surface area contributed by atoms with Gasteiger partial charge in [0.2, 0.25) is 0 Å². The fraction of sp³-hybridized carbons (Fsp3) is 1.00. The molecular weight excluding hydrogens is 404 g/mol. The molecule has 0 aromatic rings. The van der Waals surface area contributed by atoms with Crippen LogP contribution in [0.4, 0.5) is 0 Å². The van der Waals surface area contributed by atoms with Crippen LogP contribution in [-0.4, -0.2) is 150 Å². The SMILES string of the molecule is OCC(O)CO.OC[C@H]1O[C@@H](O[C@H]2[C@H](O)C(O)C(O)O[C@@H]2CO)[C@H](O)[C@@H](O)[C@H]1O. The van der Waals surface area contributed by atoms with E-state index in [0.29, 0.717) is 0 Å². The van der Waals surface area contributed by atoms with Gasteiger partial charge >= 0.3 is 0 Å². The maximum absolute atomic E-state index is 9.94. The van der Waals surface area contributed by atoms with Crippen LogP contribution in [0, 0.1) is 0 Å². The van der Waals surface area contributed by atoms with Gasteiger partial charge in [0.1, 0.15) is 54.9 Å². The van der Waals surface area contributed by atoms with Gasteiger partial charge in [0, 0.05) is 0 Å². The minimum absolute atomic E-state index is 0.365. The first-order chi connectivity index (χ1) is 13.6. The zero-order valence-electron chi connectivity index (χ0n) is 15.3. The first kappa shape index (κ1) is 26.5.